The van der Waals surface area contributed by atoms with Crippen molar-refractivity contribution in [1.29, 1.82) is 0 Å². The van der Waals surface area contributed by atoms with Crippen molar-refractivity contribution in [2.45, 2.75) is 53.2 Å². The number of nitrogens with zero attached hydrogens (tertiary/aromatic N) is 4. The average Bonchev–Trinajstić information content (AvgIpc) is 3.40. The van der Waals surface area contributed by atoms with Crippen molar-refractivity contribution in [3.63, 3.8) is 0 Å². The molecule has 0 saturated carbocycles. The van der Waals surface area contributed by atoms with E-state index < -0.39 is 5.60 Å². The molecule has 31 heavy (non-hydrogen) atoms. The Hall–Kier alpha value is -2.65. The van der Waals surface area contributed by atoms with Crippen LogP contribution in [0.25, 0.3) is 17.1 Å². The lowest BCUT2D eigenvalue weighted by atomic mass is 10.2. The van der Waals surface area contributed by atoms with Gasteiger partial charge < -0.3 is 14.0 Å². The van der Waals surface area contributed by atoms with Crippen molar-refractivity contribution in [3.05, 3.63) is 39.7 Å². The molecule has 3 aromatic rings. The third-order valence-electron chi connectivity index (χ3n) is 5.12. The van der Waals surface area contributed by atoms with Crippen LogP contribution in [0.2, 0.25) is 0 Å². The molecule has 0 aromatic carbocycles. The van der Waals surface area contributed by atoms with E-state index in [0.29, 0.717) is 19.8 Å². The fourth-order valence-corrected chi connectivity index (χ4v) is 4.66. The first-order valence-electron chi connectivity index (χ1n) is 10.3. The minimum atomic E-state index is -0.551. The molecule has 9 heteroatoms. The summed E-state index contributed by atoms with van der Waals surface area (Å²) in [5.74, 6) is 1.52. The second kappa shape index (κ2) is 8.12. The lowest BCUT2D eigenvalue weighted by Gasteiger charge is -2.35. The minimum absolute atomic E-state index is 0.260. The van der Waals surface area contributed by atoms with E-state index in [4.69, 9.17) is 19.0 Å². The molecule has 8 nitrogen and oxygen atoms in total. The third kappa shape index (κ3) is 4.38. The van der Waals surface area contributed by atoms with Gasteiger partial charge in [-0.1, -0.05) is 5.16 Å². The number of carbonyl (C=O) groups is 1. The van der Waals surface area contributed by atoms with E-state index in [9.17, 15) is 4.79 Å². The van der Waals surface area contributed by atoms with E-state index in [1.165, 1.54) is 11.3 Å². The van der Waals surface area contributed by atoms with E-state index in [1.807, 2.05) is 53.0 Å². The molecule has 0 radical (unpaired) electrons. The van der Waals surface area contributed by atoms with Gasteiger partial charge in [0.05, 0.1) is 18.9 Å². The van der Waals surface area contributed by atoms with Crippen molar-refractivity contribution in [2.75, 3.05) is 19.8 Å². The number of rotatable bonds is 3. The predicted octanol–water partition coefficient (Wildman–Crippen LogP) is 4.82. The van der Waals surface area contributed by atoms with Gasteiger partial charge in [0, 0.05) is 34.9 Å². The molecule has 166 valence electrons. The lowest BCUT2D eigenvalue weighted by molar-refractivity contribution is -0.0331. The molecule has 1 aliphatic rings. The molecule has 0 aliphatic carbocycles. The number of aromatic nitrogens is 3. The number of carbonyl (C=O) groups excluding carboxylic acids is 1. The van der Waals surface area contributed by atoms with E-state index in [1.54, 1.807) is 4.90 Å². The van der Waals surface area contributed by atoms with Crippen LogP contribution in [0.3, 0.4) is 0 Å². The van der Waals surface area contributed by atoms with Crippen LogP contribution in [0.5, 0.6) is 0 Å². The number of morpholine rings is 1. The van der Waals surface area contributed by atoms with Gasteiger partial charge >= 0.3 is 6.09 Å². The van der Waals surface area contributed by atoms with E-state index >= 15 is 0 Å². The molecule has 4 rings (SSSR count). The Labute approximate surface area is 185 Å². The maximum atomic E-state index is 12.7. The molecule has 1 amide bonds. The zero-order chi connectivity index (χ0) is 22.3. The van der Waals surface area contributed by atoms with Crippen LogP contribution in [0.15, 0.2) is 22.0 Å². The van der Waals surface area contributed by atoms with Crippen LogP contribution in [0, 0.1) is 20.8 Å². The molecule has 0 spiro atoms. The van der Waals surface area contributed by atoms with Crippen LogP contribution in [0.1, 0.15) is 49.0 Å². The SMILES string of the molecule is Cc1cc(-n2c(C)cc(-c3csc([C@H]4COCCN4C(=O)OC(C)(C)C)n3)c2C)no1. The summed E-state index contributed by atoms with van der Waals surface area (Å²) in [5.41, 5.74) is 3.43. The van der Waals surface area contributed by atoms with Crippen LogP contribution in [-0.2, 0) is 9.47 Å². The molecule has 4 heterocycles. The standard InChI is InChI=1S/C22H28N4O4S/c1-13-9-16(15(3)26(13)19-10-14(2)30-24-19)17-12-31-20(23-17)18-11-28-8-7-25(18)21(27)29-22(4,5)6/h9-10,12,18H,7-8,11H2,1-6H3/t18-/m1/s1. The molecule has 1 atom stereocenters. The highest BCUT2D eigenvalue weighted by Crippen LogP contribution is 2.34. The third-order valence-corrected chi connectivity index (χ3v) is 6.06. The number of hydrogen-bond donors (Lipinski definition) is 0. The minimum Gasteiger partial charge on any atom is -0.444 e. The number of ether oxygens (including phenoxy) is 2. The van der Waals surface area contributed by atoms with E-state index in [2.05, 4.69) is 15.8 Å². The summed E-state index contributed by atoms with van der Waals surface area (Å²) >= 11 is 1.53. The van der Waals surface area contributed by atoms with Crippen molar-refractivity contribution in [1.82, 2.24) is 19.6 Å². The highest BCUT2D eigenvalue weighted by Gasteiger charge is 2.34. The number of hydrogen-bond acceptors (Lipinski definition) is 7. The summed E-state index contributed by atoms with van der Waals surface area (Å²) in [4.78, 5) is 19.3. The largest absolute Gasteiger partial charge is 0.444 e. The summed E-state index contributed by atoms with van der Waals surface area (Å²) in [5, 5.41) is 7.01. The van der Waals surface area contributed by atoms with Gasteiger partial charge in [0.2, 0.25) is 0 Å². The second-order valence-electron chi connectivity index (χ2n) is 8.75. The Balaban J connectivity index is 1.63. The maximum absolute atomic E-state index is 12.7. The fraction of sp³-hybridized carbons (Fsp3) is 0.500. The zero-order valence-electron chi connectivity index (χ0n) is 18.8. The Bertz CT molecular complexity index is 1090. The predicted molar refractivity (Wildman–Crippen MR) is 118 cm³/mol. The first kappa shape index (κ1) is 21.6. The summed E-state index contributed by atoms with van der Waals surface area (Å²) in [6.07, 6.45) is -0.336. The Morgan fingerprint density at radius 3 is 2.71 bits per heavy atom. The molecule has 0 bridgehead atoms. The topological polar surface area (TPSA) is 82.6 Å². The molecular formula is C22H28N4O4S. The fourth-order valence-electron chi connectivity index (χ4n) is 3.75. The zero-order valence-corrected chi connectivity index (χ0v) is 19.6. The van der Waals surface area contributed by atoms with Gasteiger partial charge in [-0.2, -0.15) is 0 Å². The highest BCUT2D eigenvalue weighted by molar-refractivity contribution is 7.10. The van der Waals surface area contributed by atoms with Gasteiger partial charge in [-0.3, -0.25) is 9.47 Å². The average molecular weight is 445 g/mol. The van der Waals surface area contributed by atoms with Gasteiger partial charge in [0.25, 0.3) is 0 Å². The summed E-state index contributed by atoms with van der Waals surface area (Å²) in [7, 11) is 0. The first-order valence-corrected chi connectivity index (χ1v) is 11.2. The summed E-state index contributed by atoms with van der Waals surface area (Å²) in [6, 6.07) is 3.75. The Morgan fingerprint density at radius 1 is 1.26 bits per heavy atom. The van der Waals surface area contributed by atoms with Gasteiger partial charge in [-0.05, 0) is 47.6 Å². The maximum Gasteiger partial charge on any atom is 0.411 e. The molecule has 3 aromatic heterocycles. The van der Waals surface area contributed by atoms with Crippen LogP contribution >= 0.6 is 11.3 Å². The van der Waals surface area contributed by atoms with E-state index in [-0.39, 0.29) is 12.1 Å². The normalized spacial score (nSPS) is 17.2. The van der Waals surface area contributed by atoms with E-state index in [0.717, 1.165) is 39.2 Å². The van der Waals surface area contributed by atoms with Crippen molar-refractivity contribution in [3.8, 4) is 17.1 Å². The lowest BCUT2D eigenvalue weighted by Crippen LogP contribution is -2.45. The van der Waals surface area contributed by atoms with Crippen LogP contribution in [-0.4, -0.2) is 51.1 Å². The van der Waals surface area contributed by atoms with Gasteiger partial charge in [0.1, 0.15) is 22.4 Å². The van der Waals surface area contributed by atoms with Crippen molar-refractivity contribution < 1.29 is 18.8 Å². The monoisotopic (exact) mass is 444 g/mol. The molecule has 1 saturated heterocycles. The van der Waals surface area contributed by atoms with Crippen molar-refractivity contribution in [2.24, 2.45) is 0 Å². The Kier molecular flexibility index (Phi) is 5.65. The highest BCUT2D eigenvalue weighted by atomic mass is 32.1. The van der Waals surface area contributed by atoms with Gasteiger partial charge in [0.15, 0.2) is 5.82 Å². The van der Waals surface area contributed by atoms with Crippen LogP contribution in [0.4, 0.5) is 4.79 Å². The van der Waals surface area contributed by atoms with Gasteiger partial charge in [-0.15, -0.1) is 11.3 Å². The van der Waals surface area contributed by atoms with Gasteiger partial charge in [-0.25, -0.2) is 9.78 Å². The molecule has 0 unspecified atom stereocenters. The molecule has 0 N–H and O–H groups in total. The first-order chi connectivity index (χ1) is 14.6. The van der Waals surface area contributed by atoms with Crippen molar-refractivity contribution >= 4 is 17.4 Å². The summed E-state index contributed by atoms with van der Waals surface area (Å²) in [6.45, 7) is 12.9. The Morgan fingerprint density at radius 2 is 2.03 bits per heavy atom. The molecule has 1 fully saturated rings. The second-order valence-corrected chi connectivity index (χ2v) is 9.64. The quantitative estimate of drug-likeness (QED) is 0.576. The summed E-state index contributed by atoms with van der Waals surface area (Å²) < 4.78 is 18.6. The number of thiazole rings is 1. The number of amides is 1. The van der Waals surface area contributed by atoms with Crippen LogP contribution < -0.4 is 0 Å². The molecular weight excluding hydrogens is 416 g/mol. The number of aryl methyl sites for hydroxylation is 2. The molecule has 1 aliphatic heterocycles. The smallest absolute Gasteiger partial charge is 0.411 e.